The average Bonchev–Trinajstić information content (AvgIpc) is 2.48. The van der Waals surface area contributed by atoms with Crippen LogP contribution < -0.4 is 4.74 Å². The van der Waals surface area contributed by atoms with Gasteiger partial charge in [0.2, 0.25) is 0 Å². The molecule has 5 nitrogen and oxygen atoms in total. The number of ether oxygens (including phenoxy) is 2. The van der Waals surface area contributed by atoms with Crippen molar-refractivity contribution < 1.29 is 22.4 Å². The van der Waals surface area contributed by atoms with Crippen LogP contribution in [0.3, 0.4) is 0 Å². The van der Waals surface area contributed by atoms with Gasteiger partial charge in [-0.1, -0.05) is 48.5 Å². The van der Waals surface area contributed by atoms with E-state index in [1.807, 2.05) is 48.5 Å². The van der Waals surface area contributed by atoms with Crippen molar-refractivity contribution in [3.05, 3.63) is 54.6 Å². The topological polar surface area (TPSA) is 65.0 Å². The maximum absolute atomic E-state index is 11.0. The van der Waals surface area contributed by atoms with Crippen LogP contribution in [0.1, 0.15) is 13.8 Å². The maximum Gasteiger partial charge on any atom is 0.338 e. The molecule has 0 fully saturated rings. The van der Waals surface area contributed by atoms with E-state index in [-0.39, 0.29) is 6.61 Å². The van der Waals surface area contributed by atoms with Crippen LogP contribution in [-0.2, 0) is 20.3 Å². The fraction of sp³-hybridized carbons (Fsp3) is 0.250. The molecule has 22 heavy (non-hydrogen) atoms. The second-order valence-corrected chi connectivity index (χ2v) is 5.16. The lowest BCUT2D eigenvalue weighted by Gasteiger charge is -2.28. The first-order chi connectivity index (χ1) is 10.5. The number of benzene rings is 2. The van der Waals surface area contributed by atoms with E-state index >= 15 is 0 Å². The highest BCUT2D eigenvalue weighted by atomic mass is 32.2. The summed E-state index contributed by atoms with van der Waals surface area (Å²) >= 11 is -2.51. The standard InChI is InChI=1S/C16H18O5S/c1-3-19-16(2,21-22(17)18)20-15-12-8-7-11-14(15)13-9-5-4-6-10-13/h4-12H,3H2,1-2H3,(H,17,18). The molecule has 0 aliphatic heterocycles. The summed E-state index contributed by atoms with van der Waals surface area (Å²) in [5.74, 6) is -1.16. The Morgan fingerprint density at radius 1 is 1.09 bits per heavy atom. The Kier molecular flexibility index (Phi) is 5.68. The van der Waals surface area contributed by atoms with Gasteiger partial charge in [0.05, 0.1) is 6.61 Å². The monoisotopic (exact) mass is 322 g/mol. The van der Waals surface area contributed by atoms with Crippen molar-refractivity contribution in [1.29, 1.82) is 0 Å². The predicted octanol–water partition coefficient (Wildman–Crippen LogP) is 3.60. The third-order valence-electron chi connectivity index (χ3n) is 2.90. The Morgan fingerprint density at radius 3 is 2.36 bits per heavy atom. The van der Waals surface area contributed by atoms with E-state index in [9.17, 15) is 4.21 Å². The molecule has 0 bridgehead atoms. The van der Waals surface area contributed by atoms with Crippen molar-refractivity contribution in [3.63, 3.8) is 0 Å². The lowest BCUT2D eigenvalue weighted by atomic mass is 10.1. The normalized spacial score (nSPS) is 15.0. The van der Waals surface area contributed by atoms with Gasteiger partial charge in [-0.2, -0.15) is 8.39 Å². The zero-order valence-corrected chi connectivity index (χ0v) is 13.2. The van der Waals surface area contributed by atoms with Crippen molar-refractivity contribution >= 4 is 11.4 Å². The first kappa shape index (κ1) is 16.6. The molecule has 0 heterocycles. The molecule has 0 aromatic heterocycles. The van der Waals surface area contributed by atoms with Gasteiger partial charge >= 0.3 is 17.3 Å². The molecule has 2 rings (SSSR count). The molecule has 2 unspecified atom stereocenters. The lowest BCUT2D eigenvalue weighted by molar-refractivity contribution is -0.284. The molecule has 0 aliphatic carbocycles. The zero-order valence-electron chi connectivity index (χ0n) is 12.4. The summed E-state index contributed by atoms with van der Waals surface area (Å²) < 4.78 is 35.9. The van der Waals surface area contributed by atoms with Crippen LogP contribution in [0.5, 0.6) is 5.75 Å². The van der Waals surface area contributed by atoms with E-state index in [0.717, 1.165) is 11.1 Å². The van der Waals surface area contributed by atoms with Crippen molar-refractivity contribution in [2.24, 2.45) is 0 Å². The van der Waals surface area contributed by atoms with Crippen molar-refractivity contribution in [3.8, 4) is 16.9 Å². The smallest absolute Gasteiger partial charge is 0.338 e. The molecular formula is C16H18O5S. The summed E-state index contributed by atoms with van der Waals surface area (Å²) in [5, 5.41) is 0. The van der Waals surface area contributed by atoms with Crippen molar-refractivity contribution in [2.75, 3.05) is 6.61 Å². The summed E-state index contributed by atoms with van der Waals surface area (Å²) in [6.07, 6.45) is 0. The summed E-state index contributed by atoms with van der Waals surface area (Å²) in [6, 6.07) is 17.0. The summed E-state index contributed by atoms with van der Waals surface area (Å²) in [4.78, 5) is 0. The predicted molar refractivity (Wildman–Crippen MR) is 84.4 cm³/mol. The van der Waals surface area contributed by atoms with E-state index < -0.39 is 17.3 Å². The Hall–Kier alpha value is -1.73. The third-order valence-corrected chi connectivity index (χ3v) is 3.34. The Balaban J connectivity index is 2.34. The second-order valence-electron chi connectivity index (χ2n) is 4.56. The Bertz CT molecular complexity index is 631. The summed E-state index contributed by atoms with van der Waals surface area (Å²) in [5.41, 5.74) is 1.79. The van der Waals surface area contributed by atoms with Crippen molar-refractivity contribution in [2.45, 2.75) is 19.8 Å². The molecule has 0 radical (unpaired) electrons. The molecule has 0 saturated carbocycles. The molecule has 0 saturated heterocycles. The van der Waals surface area contributed by atoms with Gasteiger partial charge in [0.1, 0.15) is 5.75 Å². The molecule has 2 aromatic carbocycles. The van der Waals surface area contributed by atoms with E-state index in [2.05, 4.69) is 0 Å². The minimum Gasteiger partial charge on any atom is -0.438 e. The van der Waals surface area contributed by atoms with Gasteiger partial charge in [-0.15, -0.1) is 0 Å². The van der Waals surface area contributed by atoms with Crippen molar-refractivity contribution in [1.82, 2.24) is 0 Å². The average molecular weight is 322 g/mol. The van der Waals surface area contributed by atoms with Crippen LogP contribution in [-0.4, -0.2) is 21.3 Å². The number of para-hydroxylation sites is 1. The van der Waals surface area contributed by atoms with E-state index in [1.165, 1.54) is 6.92 Å². The summed E-state index contributed by atoms with van der Waals surface area (Å²) in [7, 11) is 0. The number of hydrogen-bond acceptors (Lipinski definition) is 4. The first-order valence-corrected chi connectivity index (χ1v) is 7.85. The highest BCUT2D eigenvalue weighted by Crippen LogP contribution is 2.33. The SMILES string of the molecule is CCOC(C)(Oc1ccccc1-c1ccccc1)OS(=O)O. The number of rotatable bonds is 7. The largest absolute Gasteiger partial charge is 0.438 e. The van der Waals surface area contributed by atoms with Gasteiger partial charge < -0.3 is 9.47 Å². The first-order valence-electron chi connectivity index (χ1n) is 6.82. The Labute approximate surface area is 132 Å². The van der Waals surface area contributed by atoms with Gasteiger partial charge in [0.25, 0.3) is 0 Å². The van der Waals surface area contributed by atoms with Crippen LogP contribution >= 0.6 is 0 Å². The lowest BCUT2D eigenvalue weighted by Crippen LogP contribution is -2.39. The molecule has 2 aromatic rings. The van der Waals surface area contributed by atoms with Gasteiger partial charge in [0.15, 0.2) is 0 Å². The van der Waals surface area contributed by atoms with Gasteiger partial charge in [-0.25, -0.2) is 0 Å². The van der Waals surface area contributed by atoms with Gasteiger partial charge in [-0.3, -0.25) is 4.55 Å². The quantitative estimate of drug-likeness (QED) is 0.623. The fourth-order valence-electron chi connectivity index (χ4n) is 2.07. The highest BCUT2D eigenvalue weighted by Gasteiger charge is 2.32. The molecule has 0 aliphatic rings. The highest BCUT2D eigenvalue weighted by molar-refractivity contribution is 7.74. The minimum atomic E-state index is -2.51. The van der Waals surface area contributed by atoms with E-state index in [0.29, 0.717) is 5.75 Å². The maximum atomic E-state index is 11.0. The van der Waals surface area contributed by atoms with Gasteiger partial charge in [0, 0.05) is 12.5 Å². The van der Waals surface area contributed by atoms with Crippen LogP contribution in [0.4, 0.5) is 0 Å². The van der Waals surface area contributed by atoms with Crippen LogP contribution in [0.2, 0.25) is 0 Å². The molecule has 118 valence electrons. The Morgan fingerprint density at radius 2 is 1.73 bits per heavy atom. The van der Waals surface area contributed by atoms with E-state index in [4.69, 9.17) is 18.2 Å². The second kappa shape index (κ2) is 7.51. The molecular weight excluding hydrogens is 304 g/mol. The number of hydrogen-bond donors (Lipinski definition) is 1. The molecule has 0 amide bonds. The molecule has 0 spiro atoms. The van der Waals surface area contributed by atoms with Crippen LogP contribution in [0.15, 0.2) is 54.6 Å². The molecule has 2 atom stereocenters. The van der Waals surface area contributed by atoms with Crippen LogP contribution in [0, 0.1) is 0 Å². The van der Waals surface area contributed by atoms with E-state index in [1.54, 1.807) is 13.0 Å². The fourth-order valence-corrected chi connectivity index (χ4v) is 2.41. The molecule has 6 heteroatoms. The third kappa shape index (κ3) is 4.38. The van der Waals surface area contributed by atoms with Gasteiger partial charge in [-0.05, 0) is 18.6 Å². The van der Waals surface area contributed by atoms with Crippen LogP contribution in [0.25, 0.3) is 11.1 Å². The molecule has 1 N–H and O–H groups in total. The minimum absolute atomic E-state index is 0.265. The summed E-state index contributed by atoms with van der Waals surface area (Å²) in [6.45, 7) is 3.46. The zero-order chi connectivity index (χ0) is 16.0.